The highest BCUT2D eigenvalue weighted by Gasteiger charge is 2.29. The minimum atomic E-state index is 0.542. The lowest BCUT2D eigenvalue weighted by Gasteiger charge is -2.32. The van der Waals surface area contributed by atoms with E-state index in [0.717, 1.165) is 49.7 Å². The Bertz CT molecular complexity index is 2790. The zero-order valence-corrected chi connectivity index (χ0v) is 31.2. The van der Waals surface area contributed by atoms with Crippen LogP contribution in [-0.4, -0.2) is 9.97 Å². The summed E-state index contributed by atoms with van der Waals surface area (Å²) in [6.07, 6.45) is 7.79. The number of nitrogens with zero attached hydrogens (tertiary/aromatic N) is 3. The summed E-state index contributed by atoms with van der Waals surface area (Å²) in [4.78, 5) is 15.2. The van der Waals surface area contributed by atoms with Crippen molar-refractivity contribution in [3.8, 4) is 44.6 Å². The van der Waals surface area contributed by atoms with Crippen LogP contribution < -0.4 is 4.90 Å². The number of rotatable bonds is 6. The second-order valence-electron chi connectivity index (χ2n) is 14.3. The van der Waals surface area contributed by atoms with Gasteiger partial charge in [0.05, 0.1) is 22.6 Å². The van der Waals surface area contributed by atoms with Gasteiger partial charge in [-0.25, -0.2) is 9.97 Å². The molecule has 2 aliphatic rings. The Morgan fingerprint density at radius 1 is 0.509 bits per heavy atom. The molecule has 7 aromatic carbocycles. The van der Waals surface area contributed by atoms with Crippen LogP contribution in [0.5, 0.6) is 0 Å². The largest absolute Gasteiger partial charge is 0.277 e. The lowest BCUT2D eigenvalue weighted by atomic mass is 9.90. The predicted octanol–water partition coefficient (Wildman–Crippen LogP) is 14.2. The summed E-state index contributed by atoms with van der Waals surface area (Å²) in [5, 5.41) is 1.03. The molecule has 262 valence electrons. The highest BCUT2D eigenvalue weighted by atomic mass is 32.2. The Hall–Kier alpha value is -6.49. The summed E-state index contributed by atoms with van der Waals surface area (Å²) in [6.45, 7) is 2.28. The Labute approximate surface area is 326 Å². The summed E-state index contributed by atoms with van der Waals surface area (Å²) in [5.41, 5.74) is 14.9. The molecule has 2 heterocycles. The van der Waals surface area contributed by atoms with Gasteiger partial charge in [0.25, 0.3) is 0 Å². The third kappa shape index (κ3) is 6.35. The van der Waals surface area contributed by atoms with Gasteiger partial charge in [-0.3, -0.25) is 4.90 Å². The van der Waals surface area contributed by atoms with Crippen LogP contribution in [0.15, 0.2) is 198 Å². The van der Waals surface area contributed by atoms with Crippen molar-refractivity contribution in [2.24, 2.45) is 5.92 Å². The Balaban J connectivity index is 1.12. The van der Waals surface area contributed by atoms with Crippen molar-refractivity contribution in [1.29, 1.82) is 0 Å². The molecule has 1 aromatic heterocycles. The molecule has 0 saturated carbocycles. The number of aromatic nitrogens is 2. The first-order valence-corrected chi connectivity index (χ1v) is 19.7. The van der Waals surface area contributed by atoms with Gasteiger partial charge < -0.3 is 0 Å². The highest BCUT2D eigenvalue weighted by molar-refractivity contribution is 7.99. The highest BCUT2D eigenvalue weighted by Crippen LogP contribution is 2.53. The Kier molecular flexibility index (Phi) is 8.46. The van der Waals surface area contributed by atoms with Crippen LogP contribution in [-0.2, 0) is 0 Å². The van der Waals surface area contributed by atoms with Crippen LogP contribution in [0.2, 0.25) is 0 Å². The second kappa shape index (κ2) is 14.1. The zero-order valence-electron chi connectivity index (χ0n) is 30.4. The van der Waals surface area contributed by atoms with Crippen LogP contribution in [0.4, 0.5) is 17.3 Å². The summed E-state index contributed by atoms with van der Waals surface area (Å²) in [6, 6.07) is 60.8. The van der Waals surface area contributed by atoms with Gasteiger partial charge in [0.15, 0.2) is 0 Å². The molecule has 3 nitrogen and oxygen atoms in total. The van der Waals surface area contributed by atoms with E-state index in [1.54, 1.807) is 0 Å². The first-order valence-electron chi connectivity index (χ1n) is 18.9. The monoisotopic (exact) mass is 723 g/mol. The molecule has 10 rings (SSSR count). The van der Waals surface area contributed by atoms with E-state index in [2.05, 4.69) is 194 Å². The van der Waals surface area contributed by atoms with Crippen molar-refractivity contribution >= 4 is 45.6 Å². The van der Waals surface area contributed by atoms with Crippen molar-refractivity contribution in [2.45, 2.75) is 23.1 Å². The number of allylic oxidation sites excluding steroid dienone is 4. The summed E-state index contributed by atoms with van der Waals surface area (Å²) >= 11 is 1.82. The molecule has 1 aliphatic heterocycles. The van der Waals surface area contributed by atoms with Gasteiger partial charge in [-0.15, -0.1) is 0 Å². The third-order valence-corrected chi connectivity index (χ3v) is 11.7. The molecule has 1 aliphatic carbocycles. The van der Waals surface area contributed by atoms with Crippen LogP contribution >= 0.6 is 11.8 Å². The van der Waals surface area contributed by atoms with E-state index >= 15 is 0 Å². The maximum absolute atomic E-state index is 5.36. The first kappa shape index (κ1) is 33.1. The van der Waals surface area contributed by atoms with Gasteiger partial charge in [-0.05, 0) is 99.3 Å². The molecule has 1 unspecified atom stereocenters. The van der Waals surface area contributed by atoms with E-state index in [4.69, 9.17) is 9.97 Å². The fourth-order valence-corrected chi connectivity index (χ4v) is 8.97. The van der Waals surface area contributed by atoms with Gasteiger partial charge in [-0.2, -0.15) is 0 Å². The number of hydrogen-bond acceptors (Lipinski definition) is 4. The second-order valence-corrected chi connectivity index (χ2v) is 15.4. The molecular weight excluding hydrogens is 687 g/mol. The summed E-state index contributed by atoms with van der Waals surface area (Å²) in [5.74, 6) is 1.20. The third-order valence-electron chi connectivity index (χ3n) is 10.6. The normalized spacial score (nSPS) is 14.7. The number of benzene rings is 7. The molecule has 0 fully saturated rings. The average molecular weight is 724 g/mol. The molecule has 0 saturated heterocycles. The molecule has 0 bridgehead atoms. The summed E-state index contributed by atoms with van der Waals surface area (Å²) < 4.78 is 0. The number of para-hydroxylation sites is 1. The van der Waals surface area contributed by atoms with Crippen molar-refractivity contribution in [2.75, 3.05) is 4.90 Å². The number of hydrogen-bond donors (Lipinski definition) is 0. The zero-order chi connectivity index (χ0) is 36.7. The maximum Gasteiger partial charge on any atom is 0.235 e. The van der Waals surface area contributed by atoms with Crippen molar-refractivity contribution < 1.29 is 0 Å². The smallest absolute Gasteiger partial charge is 0.235 e. The molecule has 0 radical (unpaired) electrons. The van der Waals surface area contributed by atoms with E-state index in [1.807, 2.05) is 17.8 Å². The molecule has 4 heteroatoms. The Morgan fingerprint density at radius 2 is 1.05 bits per heavy atom. The first-order chi connectivity index (χ1) is 27.1. The Morgan fingerprint density at radius 3 is 1.73 bits per heavy atom. The quantitative estimate of drug-likeness (QED) is 0.171. The van der Waals surface area contributed by atoms with Gasteiger partial charge in [-0.1, -0.05) is 164 Å². The van der Waals surface area contributed by atoms with Crippen molar-refractivity contribution in [3.63, 3.8) is 0 Å². The van der Waals surface area contributed by atoms with E-state index in [-0.39, 0.29) is 0 Å². The molecule has 0 N–H and O–H groups in total. The van der Waals surface area contributed by atoms with Crippen LogP contribution in [0.3, 0.4) is 0 Å². The minimum Gasteiger partial charge on any atom is -0.277 e. The van der Waals surface area contributed by atoms with Crippen molar-refractivity contribution in [1.82, 2.24) is 9.97 Å². The van der Waals surface area contributed by atoms with E-state index < -0.39 is 0 Å². The summed E-state index contributed by atoms with van der Waals surface area (Å²) in [7, 11) is 0. The van der Waals surface area contributed by atoms with Gasteiger partial charge in [0, 0.05) is 20.7 Å². The molecule has 0 amide bonds. The van der Waals surface area contributed by atoms with Crippen LogP contribution in [0.25, 0.3) is 61.1 Å². The maximum atomic E-state index is 5.36. The average Bonchev–Trinajstić information content (AvgIpc) is 3.25. The SMILES string of the molecule is CC1C=CC=C(c2cccc(-c3ccc4c(c3)Sc3cc(-c5cccc(-c6ccccc6)c5)ccc3N4c3nc(-c4ccccc4)c4ccccc4n3)c2)C1. The predicted molar refractivity (Wildman–Crippen MR) is 231 cm³/mol. The van der Waals surface area contributed by atoms with E-state index in [9.17, 15) is 0 Å². The fraction of sp³-hybridized carbons (Fsp3) is 0.0588. The van der Waals surface area contributed by atoms with Crippen LogP contribution in [0, 0.1) is 5.92 Å². The van der Waals surface area contributed by atoms with Crippen molar-refractivity contribution in [3.05, 3.63) is 194 Å². The van der Waals surface area contributed by atoms with E-state index in [1.165, 1.54) is 44.5 Å². The van der Waals surface area contributed by atoms with Gasteiger partial charge in [0.1, 0.15) is 0 Å². The lowest BCUT2D eigenvalue weighted by molar-refractivity contribution is 0.749. The fourth-order valence-electron chi connectivity index (χ4n) is 7.83. The lowest BCUT2D eigenvalue weighted by Crippen LogP contribution is -2.18. The van der Waals surface area contributed by atoms with Gasteiger partial charge >= 0.3 is 0 Å². The van der Waals surface area contributed by atoms with E-state index in [0.29, 0.717) is 11.9 Å². The molecular formula is C51H37N3S. The number of anilines is 3. The molecule has 8 aromatic rings. The minimum absolute atomic E-state index is 0.542. The molecule has 1 atom stereocenters. The topological polar surface area (TPSA) is 29.0 Å². The van der Waals surface area contributed by atoms with Gasteiger partial charge in [0.2, 0.25) is 5.95 Å². The molecule has 0 spiro atoms. The van der Waals surface area contributed by atoms with Crippen LogP contribution in [0.1, 0.15) is 18.9 Å². The standard InChI is InChI=1S/C51H37N3S/c1-34-13-10-18-37(29-34)39-20-12-22-41(31-39)43-26-28-47-49(33-43)55-48-32-42(40-21-11-19-38(30-40)35-14-4-2-5-15-35)25-27-46(48)54(47)51-52-45-24-9-8-23-44(45)50(53-51)36-16-6-3-7-17-36/h2-28,30-34H,29H2,1H3. The molecule has 55 heavy (non-hydrogen) atoms. The number of fused-ring (bicyclic) bond motifs is 3.